The molecular formula is C14H19NO3. The highest BCUT2D eigenvalue weighted by Crippen LogP contribution is 2.52. The van der Waals surface area contributed by atoms with Crippen molar-refractivity contribution in [3.05, 3.63) is 12.7 Å². The molecule has 3 aliphatic rings. The highest BCUT2D eigenvalue weighted by Gasteiger charge is 2.62. The zero-order chi connectivity index (χ0) is 12.9. The molecule has 2 amide bonds. The van der Waals surface area contributed by atoms with E-state index in [1.165, 1.54) is 4.90 Å². The number of fused-ring (bicyclic) bond motifs is 2. The molecule has 3 rings (SSSR count). The van der Waals surface area contributed by atoms with E-state index in [0.717, 1.165) is 19.3 Å². The average Bonchev–Trinajstić information content (AvgIpc) is 3.09. The summed E-state index contributed by atoms with van der Waals surface area (Å²) in [6.45, 7) is 6.08. The number of epoxide rings is 1. The predicted molar refractivity (Wildman–Crippen MR) is 65.6 cm³/mol. The summed E-state index contributed by atoms with van der Waals surface area (Å²) in [6, 6.07) is 0. The number of carbonyl (C=O) groups is 2. The zero-order valence-electron chi connectivity index (χ0n) is 10.7. The fourth-order valence-electron chi connectivity index (χ4n) is 3.71. The third-order valence-electron chi connectivity index (χ3n) is 4.49. The SMILES string of the molecule is C=CCN1C(=O)C2CC3OC3C(CCC)C2C1=O. The van der Waals surface area contributed by atoms with Crippen LogP contribution in [-0.4, -0.2) is 35.5 Å². The number of hydrogen-bond donors (Lipinski definition) is 0. The Labute approximate surface area is 107 Å². The van der Waals surface area contributed by atoms with Gasteiger partial charge in [-0.25, -0.2) is 0 Å². The molecule has 2 aliphatic heterocycles. The van der Waals surface area contributed by atoms with Gasteiger partial charge in [-0.05, 0) is 12.8 Å². The van der Waals surface area contributed by atoms with Gasteiger partial charge in [-0.3, -0.25) is 14.5 Å². The van der Waals surface area contributed by atoms with E-state index in [2.05, 4.69) is 13.5 Å². The smallest absolute Gasteiger partial charge is 0.233 e. The van der Waals surface area contributed by atoms with Crippen molar-refractivity contribution in [2.75, 3.05) is 6.54 Å². The number of rotatable bonds is 4. The average molecular weight is 249 g/mol. The number of nitrogens with zero attached hydrogens (tertiary/aromatic N) is 1. The molecule has 0 aromatic rings. The van der Waals surface area contributed by atoms with Gasteiger partial charge < -0.3 is 4.74 Å². The third-order valence-corrected chi connectivity index (χ3v) is 4.49. The lowest BCUT2D eigenvalue weighted by Gasteiger charge is -2.27. The molecule has 0 aromatic carbocycles. The molecule has 0 bridgehead atoms. The van der Waals surface area contributed by atoms with Crippen LogP contribution in [0, 0.1) is 17.8 Å². The fourth-order valence-corrected chi connectivity index (χ4v) is 3.71. The lowest BCUT2D eigenvalue weighted by molar-refractivity contribution is -0.139. The Morgan fingerprint density at radius 3 is 2.89 bits per heavy atom. The van der Waals surface area contributed by atoms with Gasteiger partial charge in [0.1, 0.15) is 0 Å². The lowest BCUT2D eigenvalue weighted by Crippen LogP contribution is -2.36. The Morgan fingerprint density at radius 1 is 1.44 bits per heavy atom. The van der Waals surface area contributed by atoms with Crippen molar-refractivity contribution in [2.45, 2.75) is 38.4 Å². The van der Waals surface area contributed by atoms with Gasteiger partial charge in [0.05, 0.1) is 24.0 Å². The summed E-state index contributed by atoms with van der Waals surface area (Å²) in [5.41, 5.74) is 0. The summed E-state index contributed by atoms with van der Waals surface area (Å²) in [5, 5.41) is 0. The van der Waals surface area contributed by atoms with E-state index in [0.29, 0.717) is 6.54 Å². The van der Waals surface area contributed by atoms with Crippen molar-refractivity contribution >= 4 is 11.8 Å². The van der Waals surface area contributed by atoms with Crippen LogP contribution in [0.4, 0.5) is 0 Å². The van der Waals surface area contributed by atoms with Crippen LogP contribution in [-0.2, 0) is 14.3 Å². The van der Waals surface area contributed by atoms with Crippen LogP contribution in [0.25, 0.3) is 0 Å². The maximum absolute atomic E-state index is 12.4. The van der Waals surface area contributed by atoms with Crippen LogP contribution >= 0.6 is 0 Å². The minimum absolute atomic E-state index is 0.00250. The first-order chi connectivity index (χ1) is 8.69. The molecule has 4 nitrogen and oxygen atoms in total. The fraction of sp³-hybridized carbons (Fsp3) is 0.714. The van der Waals surface area contributed by atoms with Crippen molar-refractivity contribution in [1.29, 1.82) is 0 Å². The number of carbonyl (C=O) groups excluding carboxylic acids is 2. The highest BCUT2D eigenvalue weighted by molar-refractivity contribution is 6.05. The van der Waals surface area contributed by atoms with E-state index in [-0.39, 0.29) is 41.8 Å². The summed E-state index contributed by atoms with van der Waals surface area (Å²) in [4.78, 5) is 26.0. The van der Waals surface area contributed by atoms with Crippen molar-refractivity contribution in [2.24, 2.45) is 17.8 Å². The summed E-state index contributed by atoms with van der Waals surface area (Å²) >= 11 is 0. The Morgan fingerprint density at radius 2 is 2.22 bits per heavy atom. The third kappa shape index (κ3) is 1.55. The van der Waals surface area contributed by atoms with E-state index < -0.39 is 0 Å². The molecule has 1 saturated carbocycles. The molecule has 3 fully saturated rings. The van der Waals surface area contributed by atoms with Crippen molar-refractivity contribution in [1.82, 2.24) is 4.90 Å². The molecule has 0 radical (unpaired) electrons. The summed E-state index contributed by atoms with van der Waals surface area (Å²) in [5.74, 6) is -0.0545. The number of hydrogen-bond acceptors (Lipinski definition) is 3. The van der Waals surface area contributed by atoms with Gasteiger partial charge in [0.15, 0.2) is 0 Å². The van der Waals surface area contributed by atoms with Gasteiger partial charge in [-0.15, -0.1) is 6.58 Å². The molecule has 2 heterocycles. The molecule has 2 saturated heterocycles. The molecule has 18 heavy (non-hydrogen) atoms. The van der Waals surface area contributed by atoms with Crippen molar-refractivity contribution in [3.63, 3.8) is 0 Å². The minimum Gasteiger partial charge on any atom is -0.369 e. The van der Waals surface area contributed by atoms with Gasteiger partial charge >= 0.3 is 0 Å². The first-order valence-corrected chi connectivity index (χ1v) is 6.80. The van der Waals surface area contributed by atoms with Gasteiger partial charge in [0.25, 0.3) is 0 Å². The molecule has 0 aromatic heterocycles. The molecule has 5 atom stereocenters. The van der Waals surface area contributed by atoms with Gasteiger partial charge in [0, 0.05) is 12.5 Å². The van der Waals surface area contributed by atoms with Crippen LogP contribution in [0.5, 0.6) is 0 Å². The predicted octanol–water partition coefficient (Wildman–Crippen LogP) is 1.36. The maximum Gasteiger partial charge on any atom is 0.233 e. The van der Waals surface area contributed by atoms with Crippen LogP contribution in [0.3, 0.4) is 0 Å². The Balaban J connectivity index is 1.87. The van der Waals surface area contributed by atoms with Crippen molar-refractivity contribution in [3.8, 4) is 0 Å². The van der Waals surface area contributed by atoms with Gasteiger partial charge in [-0.2, -0.15) is 0 Å². The normalized spacial score (nSPS) is 41.6. The molecular weight excluding hydrogens is 230 g/mol. The Kier molecular flexibility index (Phi) is 2.77. The van der Waals surface area contributed by atoms with E-state index in [1.807, 2.05) is 0 Å². The summed E-state index contributed by atoms with van der Waals surface area (Å²) in [7, 11) is 0. The minimum atomic E-state index is -0.141. The molecule has 98 valence electrons. The first kappa shape index (κ1) is 11.9. The molecule has 0 N–H and O–H groups in total. The zero-order valence-corrected chi connectivity index (χ0v) is 10.7. The number of likely N-dealkylation sites (tertiary alicyclic amines) is 1. The molecule has 5 unspecified atom stereocenters. The quantitative estimate of drug-likeness (QED) is 0.429. The Hall–Kier alpha value is -1.16. The summed E-state index contributed by atoms with van der Waals surface area (Å²) < 4.78 is 5.63. The number of amides is 2. The van der Waals surface area contributed by atoms with E-state index in [1.54, 1.807) is 6.08 Å². The van der Waals surface area contributed by atoms with E-state index in [4.69, 9.17) is 4.74 Å². The van der Waals surface area contributed by atoms with Crippen LogP contribution in [0.2, 0.25) is 0 Å². The van der Waals surface area contributed by atoms with E-state index >= 15 is 0 Å². The molecule has 0 spiro atoms. The molecule has 1 aliphatic carbocycles. The topological polar surface area (TPSA) is 49.9 Å². The Bertz CT molecular complexity index is 406. The lowest BCUT2D eigenvalue weighted by atomic mass is 9.71. The van der Waals surface area contributed by atoms with Gasteiger partial charge in [0.2, 0.25) is 11.8 Å². The number of ether oxygens (including phenoxy) is 1. The second-order valence-electron chi connectivity index (χ2n) is 5.54. The van der Waals surface area contributed by atoms with Crippen molar-refractivity contribution < 1.29 is 14.3 Å². The van der Waals surface area contributed by atoms with Crippen LogP contribution < -0.4 is 0 Å². The van der Waals surface area contributed by atoms with Crippen LogP contribution in [0.1, 0.15) is 26.2 Å². The monoisotopic (exact) mass is 249 g/mol. The second-order valence-corrected chi connectivity index (χ2v) is 5.54. The maximum atomic E-state index is 12.4. The van der Waals surface area contributed by atoms with Gasteiger partial charge in [-0.1, -0.05) is 19.4 Å². The van der Waals surface area contributed by atoms with Crippen LogP contribution in [0.15, 0.2) is 12.7 Å². The highest BCUT2D eigenvalue weighted by atomic mass is 16.6. The first-order valence-electron chi connectivity index (χ1n) is 6.80. The number of imide groups is 1. The van der Waals surface area contributed by atoms with E-state index in [9.17, 15) is 9.59 Å². The second kappa shape index (κ2) is 4.19. The largest absolute Gasteiger partial charge is 0.369 e. The summed E-state index contributed by atoms with van der Waals surface area (Å²) in [6.07, 6.45) is 4.81. The standard InChI is InChI=1S/C14H19NO3/c1-3-5-8-11-9(7-10-12(8)18-10)13(16)15(6-4-2)14(11)17/h4,8-12H,2-3,5-7H2,1H3. The molecule has 4 heteroatoms.